The van der Waals surface area contributed by atoms with Crippen LogP contribution in [0.5, 0.6) is 0 Å². The van der Waals surface area contributed by atoms with E-state index < -0.39 is 16.2 Å². The summed E-state index contributed by atoms with van der Waals surface area (Å²) in [6.07, 6.45) is 0. The van der Waals surface area contributed by atoms with Gasteiger partial charge in [-0.3, -0.25) is 4.72 Å². The molecule has 128 valence electrons. The van der Waals surface area contributed by atoms with Gasteiger partial charge in [0.05, 0.1) is 24.5 Å². The second kappa shape index (κ2) is 6.46. The lowest BCUT2D eigenvalue weighted by molar-refractivity contribution is 0.0697. The second-order valence-electron chi connectivity index (χ2n) is 6.43. The van der Waals surface area contributed by atoms with E-state index in [0.29, 0.717) is 13.2 Å². The Morgan fingerprint density at radius 2 is 1.87 bits per heavy atom. The number of anilines is 1. The topological polar surface area (TPSA) is 95.9 Å². The minimum atomic E-state index is -3.80. The van der Waals surface area contributed by atoms with Crippen LogP contribution in [0.3, 0.4) is 0 Å². The Kier molecular flexibility index (Phi) is 4.98. The van der Waals surface area contributed by atoms with E-state index in [-0.39, 0.29) is 29.8 Å². The summed E-state index contributed by atoms with van der Waals surface area (Å²) in [5.74, 6) is -1.17. The average Bonchev–Trinajstić information content (AvgIpc) is 2.46. The summed E-state index contributed by atoms with van der Waals surface area (Å²) in [4.78, 5) is 11.5. The van der Waals surface area contributed by atoms with Gasteiger partial charge in [0.15, 0.2) is 0 Å². The molecule has 1 aromatic carbocycles. The van der Waals surface area contributed by atoms with Gasteiger partial charge in [-0.2, -0.15) is 12.7 Å². The van der Waals surface area contributed by atoms with Crippen LogP contribution in [-0.2, 0) is 20.4 Å². The molecule has 0 amide bonds. The predicted octanol–water partition coefficient (Wildman–Crippen LogP) is 1.67. The van der Waals surface area contributed by atoms with E-state index in [0.717, 1.165) is 5.56 Å². The number of hydrogen-bond acceptors (Lipinski definition) is 4. The lowest BCUT2D eigenvalue weighted by Crippen LogP contribution is -2.43. The third-order valence-electron chi connectivity index (χ3n) is 3.66. The number of carboxylic acid groups (broad SMARTS) is 1. The van der Waals surface area contributed by atoms with Crippen molar-refractivity contribution in [3.63, 3.8) is 0 Å². The Hall–Kier alpha value is -1.64. The Labute approximate surface area is 136 Å². The first kappa shape index (κ1) is 17.7. The molecular formula is C15H22N2O5S. The fourth-order valence-corrected chi connectivity index (χ4v) is 3.48. The zero-order chi connectivity index (χ0) is 17.3. The number of nitrogens with zero attached hydrogens (tertiary/aromatic N) is 1. The van der Waals surface area contributed by atoms with Crippen LogP contribution in [0.15, 0.2) is 18.2 Å². The maximum atomic E-state index is 12.4. The monoisotopic (exact) mass is 342 g/mol. The smallest absolute Gasteiger partial charge is 0.337 e. The van der Waals surface area contributed by atoms with E-state index in [1.165, 1.54) is 16.4 Å². The summed E-state index contributed by atoms with van der Waals surface area (Å²) >= 11 is 0. The first-order chi connectivity index (χ1) is 10.6. The van der Waals surface area contributed by atoms with Gasteiger partial charge >= 0.3 is 16.2 Å². The summed E-state index contributed by atoms with van der Waals surface area (Å²) in [5.41, 5.74) is 0.599. The lowest BCUT2D eigenvalue weighted by Gasteiger charge is -2.27. The molecule has 2 rings (SSSR count). The number of aromatic carboxylic acids is 1. The molecule has 7 nitrogen and oxygen atoms in total. The molecule has 0 bridgehead atoms. The van der Waals surface area contributed by atoms with Crippen molar-refractivity contribution in [1.29, 1.82) is 0 Å². The highest BCUT2D eigenvalue weighted by molar-refractivity contribution is 7.90. The SMILES string of the molecule is CC(C)(C)c1ccc(NS(=O)(=O)N2CCOCC2)c(C(=O)O)c1. The van der Waals surface area contributed by atoms with Crippen molar-refractivity contribution >= 4 is 21.9 Å². The molecule has 1 aliphatic rings. The van der Waals surface area contributed by atoms with Crippen molar-refractivity contribution in [1.82, 2.24) is 4.31 Å². The number of carboxylic acids is 1. The average molecular weight is 342 g/mol. The van der Waals surface area contributed by atoms with E-state index in [1.807, 2.05) is 20.8 Å². The number of ether oxygens (including phenoxy) is 1. The van der Waals surface area contributed by atoms with Crippen LogP contribution >= 0.6 is 0 Å². The first-order valence-electron chi connectivity index (χ1n) is 7.35. The third-order valence-corrected chi connectivity index (χ3v) is 5.19. The zero-order valence-electron chi connectivity index (χ0n) is 13.5. The molecule has 1 aliphatic heterocycles. The van der Waals surface area contributed by atoms with Gasteiger partial charge in [-0.25, -0.2) is 4.79 Å². The predicted molar refractivity (Wildman–Crippen MR) is 87.0 cm³/mol. The summed E-state index contributed by atoms with van der Waals surface area (Å²) in [6, 6.07) is 4.76. The number of hydrogen-bond donors (Lipinski definition) is 2. The Bertz CT molecular complexity index is 688. The minimum absolute atomic E-state index is 0.0609. The van der Waals surface area contributed by atoms with E-state index in [9.17, 15) is 18.3 Å². The Morgan fingerprint density at radius 1 is 1.26 bits per heavy atom. The Morgan fingerprint density at radius 3 is 2.39 bits per heavy atom. The fourth-order valence-electron chi connectivity index (χ4n) is 2.27. The summed E-state index contributed by atoms with van der Waals surface area (Å²) in [6.45, 7) is 7.05. The molecule has 0 atom stereocenters. The van der Waals surface area contributed by atoms with Crippen LogP contribution in [0, 0.1) is 0 Å². The molecule has 0 aliphatic carbocycles. The molecular weight excluding hydrogens is 320 g/mol. The van der Waals surface area contributed by atoms with Gasteiger partial charge < -0.3 is 9.84 Å². The molecule has 0 unspecified atom stereocenters. The van der Waals surface area contributed by atoms with Gasteiger partial charge in [0.25, 0.3) is 0 Å². The van der Waals surface area contributed by atoms with Crippen molar-refractivity contribution in [3.05, 3.63) is 29.3 Å². The molecule has 1 fully saturated rings. The van der Waals surface area contributed by atoms with Crippen LogP contribution in [-0.4, -0.2) is 50.1 Å². The number of nitrogens with one attached hydrogen (secondary N) is 1. The molecule has 0 radical (unpaired) electrons. The van der Waals surface area contributed by atoms with Crippen molar-refractivity contribution in [2.24, 2.45) is 0 Å². The molecule has 1 aromatic rings. The van der Waals surface area contributed by atoms with Crippen LogP contribution in [0.25, 0.3) is 0 Å². The van der Waals surface area contributed by atoms with Gasteiger partial charge in [0.2, 0.25) is 0 Å². The van der Waals surface area contributed by atoms with Crippen molar-refractivity contribution in [2.75, 3.05) is 31.0 Å². The van der Waals surface area contributed by atoms with Crippen LogP contribution in [0.4, 0.5) is 5.69 Å². The second-order valence-corrected chi connectivity index (χ2v) is 8.10. The highest BCUT2D eigenvalue weighted by Crippen LogP contribution is 2.27. The van der Waals surface area contributed by atoms with Crippen molar-refractivity contribution in [2.45, 2.75) is 26.2 Å². The highest BCUT2D eigenvalue weighted by atomic mass is 32.2. The van der Waals surface area contributed by atoms with E-state index in [1.54, 1.807) is 6.07 Å². The van der Waals surface area contributed by atoms with Crippen LogP contribution < -0.4 is 4.72 Å². The first-order valence-corrected chi connectivity index (χ1v) is 8.79. The van der Waals surface area contributed by atoms with Gasteiger partial charge in [0.1, 0.15) is 0 Å². The summed E-state index contributed by atoms with van der Waals surface area (Å²) in [7, 11) is -3.80. The number of benzene rings is 1. The van der Waals surface area contributed by atoms with E-state index in [4.69, 9.17) is 4.74 Å². The zero-order valence-corrected chi connectivity index (χ0v) is 14.3. The minimum Gasteiger partial charge on any atom is -0.478 e. The molecule has 1 saturated heterocycles. The van der Waals surface area contributed by atoms with Gasteiger partial charge in [0, 0.05) is 13.1 Å². The quantitative estimate of drug-likeness (QED) is 0.868. The molecule has 8 heteroatoms. The molecule has 1 heterocycles. The summed E-state index contributed by atoms with van der Waals surface area (Å²) < 4.78 is 33.5. The van der Waals surface area contributed by atoms with Gasteiger partial charge in [-0.15, -0.1) is 0 Å². The van der Waals surface area contributed by atoms with Crippen molar-refractivity contribution < 1.29 is 23.1 Å². The number of morpholine rings is 1. The van der Waals surface area contributed by atoms with Crippen LogP contribution in [0.2, 0.25) is 0 Å². The standard InChI is InChI=1S/C15H22N2O5S/c1-15(2,3)11-4-5-13(12(10-11)14(18)19)16-23(20,21)17-6-8-22-9-7-17/h4-5,10,16H,6-9H2,1-3H3,(H,18,19). The van der Waals surface area contributed by atoms with Crippen LogP contribution in [0.1, 0.15) is 36.7 Å². The Balaban J connectivity index is 2.33. The number of rotatable bonds is 4. The normalized spacial score (nSPS) is 17.0. The maximum Gasteiger partial charge on any atom is 0.337 e. The summed E-state index contributed by atoms with van der Waals surface area (Å²) in [5, 5.41) is 9.39. The lowest BCUT2D eigenvalue weighted by atomic mass is 9.86. The molecule has 0 aromatic heterocycles. The maximum absolute atomic E-state index is 12.4. The van der Waals surface area contributed by atoms with E-state index in [2.05, 4.69) is 4.72 Å². The largest absolute Gasteiger partial charge is 0.478 e. The van der Waals surface area contributed by atoms with Gasteiger partial charge in [-0.05, 0) is 23.1 Å². The number of carbonyl (C=O) groups is 1. The van der Waals surface area contributed by atoms with Crippen molar-refractivity contribution in [3.8, 4) is 0 Å². The molecule has 23 heavy (non-hydrogen) atoms. The molecule has 0 saturated carbocycles. The fraction of sp³-hybridized carbons (Fsp3) is 0.533. The molecule has 0 spiro atoms. The molecule has 2 N–H and O–H groups in total. The highest BCUT2D eigenvalue weighted by Gasteiger charge is 2.26. The van der Waals surface area contributed by atoms with Gasteiger partial charge in [-0.1, -0.05) is 26.8 Å². The van der Waals surface area contributed by atoms with E-state index >= 15 is 0 Å². The third kappa shape index (κ3) is 4.21.